The molecule has 1 N–H and O–H groups in total. The number of fused-ring (bicyclic) bond motifs is 18. The van der Waals surface area contributed by atoms with Gasteiger partial charge in [-0.25, -0.2) is 0 Å². The summed E-state index contributed by atoms with van der Waals surface area (Å²) >= 11 is 0. The minimum absolute atomic E-state index is 0.583. The van der Waals surface area contributed by atoms with Crippen molar-refractivity contribution >= 4 is 94.1 Å². The van der Waals surface area contributed by atoms with Gasteiger partial charge in [-0.05, 0) is 186 Å². The van der Waals surface area contributed by atoms with E-state index in [1.165, 1.54) is 105 Å². The predicted octanol–water partition coefficient (Wildman–Crippen LogP) is 28.2. The third kappa shape index (κ3) is 10.2. The molecular formula is C103H67N3O2. The normalized spacial score (nSPS) is 13.2. The number of anilines is 5. The highest BCUT2D eigenvalue weighted by atomic mass is 16.3. The van der Waals surface area contributed by atoms with Crippen LogP contribution in [0.2, 0.25) is 0 Å². The SMILES string of the molecule is c1ccc(-c2ccc(-c3ccccc3N(c3ccc(-c4ccc5oc6ccccc6c5c4)cc3)c3ccc4c(c3)C3(c5ccccc5-4)c4ccccc4-n4c5ccccc5c5cccc3c54)cc2)cc1.c1ccc(-c2ccc(-c3ccccc3Nc3ccc(-c4ccc5oc6ccccc6c5c4)cc3)cc2)cc1. The van der Waals surface area contributed by atoms with E-state index in [2.05, 4.69) is 385 Å². The first kappa shape index (κ1) is 62.3. The number of hydrogen-bond acceptors (Lipinski definition) is 4. The smallest absolute Gasteiger partial charge is 0.135 e. The third-order valence-electron chi connectivity index (χ3n) is 22.3. The highest BCUT2D eigenvalue weighted by molar-refractivity contribution is 6.13. The van der Waals surface area contributed by atoms with Crippen LogP contribution in [0.4, 0.5) is 28.4 Å². The molecule has 0 fully saturated rings. The maximum atomic E-state index is 6.22. The average molecular weight is 1380 g/mol. The second kappa shape index (κ2) is 25.6. The van der Waals surface area contributed by atoms with Crippen LogP contribution in [0.5, 0.6) is 0 Å². The Hall–Kier alpha value is -14.3. The molecule has 5 nitrogen and oxygen atoms in total. The molecule has 108 heavy (non-hydrogen) atoms. The van der Waals surface area contributed by atoms with Gasteiger partial charge in [0.15, 0.2) is 0 Å². The van der Waals surface area contributed by atoms with Crippen molar-refractivity contribution in [1.29, 1.82) is 0 Å². The van der Waals surface area contributed by atoms with Gasteiger partial charge in [-0.15, -0.1) is 0 Å². The molecule has 0 saturated carbocycles. The summed E-state index contributed by atoms with van der Waals surface area (Å²) in [5, 5.41) is 10.7. The fraction of sp³-hybridized carbons (Fsp3) is 0.00971. The van der Waals surface area contributed by atoms with Crippen molar-refractivity contribution in [3.05, 3.63) is 423 Å². The van der Waals surface area contributed by atoms with Crippen molar-refractivity contribution in [2.75, 3.05) is 10.2 Å². The number of benzene rings is 17. The summed E-state index contributed by atoms with van der Waals surface area (Å²) in [6.45, 7) is 0. The lowest BCUT2D eigenvalue weighted by Gasteiger charge is -2.40. The Balaban J connectivity index is 0.000000165. The second-order valence-electron chi connectivity index (χ2n) is 28.2. The van der Waals surface area contributed by atoms with Gasteiger partial charge in [-0.2, -0.15) is 0 Å². The molecule has 22 rings (SSSR count). The molecule has 506 valence electrons. The Labute approximate surface area is 625 Å². The third-order valence-corrected chi connectivity index (χ3v) is 22.3. The molecule has 1 spiro atoms. The van der Waals surface area contributed by atoms with Crippen LogP contribution in [0, 0.1) is 0 Å². The lowest BCUT2D eigenvalue weighted by Crippen LogP contribution is -2.33. The van der Waals surface area contributed by atoms with Gasteiger partial charge in [0, 0.05) is 66.2 Å². The molecule has 0 bridgehead atoms. The number of hydrogen-bond donors (Lipinski definition) is 1. The van der Waals surface area contributed by atoms with Crippen molar-refractivity contribution in [3.63, 3.8) is 0 Å². The molecule has 1 unspecified atom stereocenters. The topological polar surface area (TPSA) is 46.5 Å². The zero-order valence-electron chi connectivity index (χ0n) is 58.8. The lowest BCUT2D eigenvalue weighted by molar-refractivity contribution is 0.668. The van der Waals surface area contributed by atoms with Crippen molar-refractivity contribution in [2.24, 2.45) is 0 Å². The fourth-order valence-electron chi connectivity index (χ4n) is 17.3. The quantitative estimate of drug-likeness (QED) is 0.140. The van der Waals surface area contributed by atoms with Crippen molar-refractivity contribution in [2.45, 2.75) is 5.41 Å². The first-order valence-corrected chi connectivity index (χ1v) is 37.0. The summed E-state index contributed by atoms with van der Waals surface area (Å²) in [5.41, 5.74) is 34.1. The van der Waals surface area contributed by atoms with Crippen LogP contribution >= 0.6 is 0 Å². The second-order valence-corrected chi connectivity index (χ2v) is 28.2. The van der Waals surface area contributed by atoms with Crippen molar-refractivity contribution in [3.8, 4) is 83.6 Å². The Kier molecular flexibility index (Phi) is 14.8. The number of aromatic nitrogens is 1. The molecule has 0 amide bonds. The van der Waals surface area contributed by atoms with Gasteiger partial charge in [0.25, 0.3) is 0 Å². The van der Waals surface area contributed by atoms with Gasteiger partial charge in [-0.3, -0.25) is 0 Å². The number of nitrogens with one attached hydrogen (secondary N) is 1. The zero-order chi connectivity index (χ0) is 71.2. The first-order chi connectivity index (χ1) is 53.5. The van der Waals surface area contributed by atoms with E-state index in [9.17, 15) is 0 Å². The number of nitrogens with zero attached hydrogens (tertiary/aromatic N) is 2. The summed E-state index contributed by atoms with van der Waals surface area (Å²) in [6.07, 6.45) is 0. The summed E-state index contributed by atoms with van der Waals surface area (Å²) in [6, 6.07) is 145. The molecule has 17 aromatic carbocycles. The Morgan fingerprint density at radius 2 is 0.685 bits per heavy atom. The average Bonchev–Trinajstić information content (AvgIpc) is 1.49. The van der Waals surface area contributed by atoms with Gasteiger partial charge >= 0.3 is 0 Å². The number of para-hydroxylation sites is 7. The van der Waals surface area contributed by atoms with Crippen LogP contribution in [0.3, 0.4) is 0 Å². The monoisotopic (exact) mass is 1380 g/mol. The van der Waals surface area contributed by atoms with E-state index < -0.39 is 5.41 Å². The summed E-state index contributed by atoms with van der Waals surface area (Å²) in [4.78, 5) is 2.47. The van der Waals surface area contributed by atoms with Gasteiger partial charge < -0.3 is 23.6 Å². The van der Waals surface area contributed by atoms with Crippen LogP contribution in [0.25, 0.3) is 149 Å². The zero-order valence-corrected chi connectivity index (χ0v) is 58.8. The van der Waals surface area contributed by atoms with Crippen LogP contribution in [-0.2, 0) is 5.41 Å². The molecule has 5 heteroatoms. The molecule has 1 aliphatic heterocycles. The van der Waals surface area contributed by atoms with E-state index in [1.807, 2.05) is 30.3 Å². The Morgan fingerprint density at radius 3 is 1.34 bits per heavy atom. The largest absolute Gasteiger partial charge is 0.456 e. The van der Waals surface area contributed by atoms with Gasteiger partial charge in [0.1, 0.15) is 22.3 Å². The van der Waals surface area contributed by atoms with E-state index in [0.29, 0.717) is 0 Å². The minimum Gasteiger partial charge on any atom is -0.456 e. The van der Waals surface area contributed by atoms with Gasteiger partial charge in [0.2, 0.25) is 0 Å². The van der Waals surface area contributed by atoms with Crippen molar-refractivity contribution in [1.82, 2.24) is 4.57 Å². The highest BCUT2D eigenvalue weighted by Gasteiger charge is 2.51. The van der Waals surface area contributed by atoms with Crippen LogP contribution in [0.15, 0.2) is 409 Å². The maximum Gasteiger partial charge on any atom is 0.135 e. The van der Waals surface area contributed by atoms with Crippen LogP contribution in [0.1, 0.15) is 22.3 Å². The van der Waals surface area contributed by atoms with E-state index in [0.717, 1.165) is 94.6 Å². The predicted molar refractivity (Wildman–Crippen MR) is 450 cm³/mol. The van der Waals surface area contributed by atoms with Crippen LogP contribution in [-0.4, -0.2) is 4.57 Å². The molecule has 1 atom stereocenters. The number of furan rings is 2. The standard InChI is InChI=1S/C67H42N2O.C36H25NO/c1-2-15-43(16-3-1)44-29-31-46(32-30-44)50-17-5-10-25-61(50)68(48-36-33-45(34-37-48)47-35-40-65-56(41-47)54-20-7-13-28-64(54)70-65)49-38-39-52-51-18-4-8-22-57(51)67(60(52)42-49)58-23-9-12-27-63(58)69-62-26-11-6-19-53(62)55-21-14-24-59(67)66(55)69;1-2-8-25(9-3-1)26-14-16-28(17-15-26)31-10-4-6-12-34(31)37-30-21-18-27(19-22-30)29-20-23-36-33(24-29)32-11-5-7-13-35(32)38-36/h1-42H;1-24,37H. The molecule has 3 aromatic heterocycles. The van der Waals surface area contributed by atoms with E-state index in [-0.39, 0.29) is 0 Å². The van der Waals surface area contributed by atoms with E-state index >= 15 is 0 Å². The first-order valence-electron chi connectivity index (χ1n) is 37.0. The van der Waals surface area contributed by atoms with Crippen molar-refractivity contribution < 1.29 is 8.83 Å². The minimum atomic E-state index is -0.583. The molecular weight excluding hydrogens is 1310 g/mol. The molecule has 0 radical (unpaired) electrons. The molecule has 0 saturated heterocycles. The molecule has 2 aliphatic rings. The summed E-state index contributed by atoms with van der Waals surface area (Å²) < 4.78 is 14.7. The molecule has 4 heterocycles. The Bertz CT molecular complexity index is 6870. The fourth-order valence-corrected chi connectivity index (χ4v) is 17.3. The molecule has 20 aromatic rings. The number of rotatable bonds is 11. The van der Waals surface area contributed by atoms with E-state index in [4.69, 9.17) is 8.83 Å². The van der Waals surface area contributed by atoms with Gasteiger partial charge in [-0.1, -0.05) is 303 Å². The molecule has 1 aliphatic carbocycles. The van der Waals surface area contributed by atoms with Gasteiger partial charge in [0.05, 0.1) is 27.8 Å². The Morgan fingerprint density at radius 1 is 0.250 bits per heavy atom. The lowest BCUT2D eigenvalue weighted by atomic mass is 9.65. The summed E-state index contributed by atoms with van der Waals surface area (Å²) in [5.74, 6) is 0. The highest BCUT2D eigenvalue weighted by Crippen LogP contribution is 2.62. The maximum absolute atomic E-state index is 6.22. The van der Waals surface area contributed by atoms with E-state index in [1.54, 1.807) is 0 Å². The van der Waals surface area contributed by atoms with Crippen LogP contribution < -0.4 is 10.2 Å². The summed E-state index contributed by atoms with van der Waals surface area (Å²) in [7, 11) is 0.